The maximum atomic E-state index is 5.18. The minimum absolute atomic E-state index is 0.595. The van der Waals surface area contributed by atoms with Crippen molar-refractivity contribution in [3.8, 4) is 0 Å². The van der Waals surface area contributed by atoms with E-state index in [1.807, 2.05) is 11.8 Å². The lowest BCUT2D eigenvalue weighted by atomic mass is 10.2. The van der Waals surface area contributed by atoms with Crippen molar-refractivity contribution in [3.63, 3.8) is 0 Å². The van der Waals surface area contributed by atoms with Crippen LogP contribution in [0.2, 0.25) is 0 Å². The van der Waals surface area contributed by atoms with Gasteiger partial charge in [0.25, 0.3) is 0 Å². The number of thioether (sulfide) groups is 1. The predicted octanol–water partition coefficient (Wildman–Crippen LogP) is 1.61. The predicted molar refractivity (Wildman–Crippen MR) is 64.3 cm³/mol. The second kappa shape index (κ2) is 5.70. The third kappa shape index (κ3) is 4.72. The SMILES string of the molecule is CC(C)CNC(=S)NC1CCSC1. The van der Waals surface area contributed by atoms with Gasteiger partial charge in [-0.2, -0.15) is 11.8 Å². The van der Waals surface area contributed by atoms with Crippen LogP contribution in [-0.4, -0.2) is 29.2 Å². The molecule has 1 aliphatic rings. The standard InChI is InChI=1S/C9H18N2S2/c1-7(2)5-10-9(12)11-8-3-4-13-6-8/h7-8H,3-6H2,1-2H3,(H2,10,11,12). The number of hydrogen-bond donors (Lipinski definition) is 2. The zero-order valence-electron chi connectivity index (χ0n) is 8.30. The van der Waals surface area contributed by atoms with Crippen LogP contribution in [-0.2, 0) is 0 Å². The summed E-state index contributed by atoms with van der Waals surface area (Å²) in [5.74, 6) is 3.12. The fourth-order valence-corrected chi connectivity index (χ4v) is 2.58. The van der Waals surface area contributed by atoms with Crippen molar-refractivity contribution in [2.24, 2.45) is 5.92 Å². The van der Waals surface area contributed by atoms with Crippen LogP contribution in [0, 0.1) is 5.92 Å². The topological polar surface area (TPSA) is 24.1 Å². The van der Waals surface area contributed by atoms with Crippen LogP contribution >= 0.6 is 24.0 Å². The van der Waals surface area contributed by atoms with E-state index in [0.29, 0.717) is 12.0 Å². The minimum atomic E-state index is 0.595. The molecule has 13 heavy (non-hydrogen) atoms. The molecule has 2 nitrogen and oxygen atoms in total. The molecular formula is C9H18N2S2. The van der Waals surface area contributed by atoms with E-state index in [-0.39, 0.29) is 0 Å². The zero-order chi connectivity index (χ0) is 9.68. The first-order valence-electron chi connectivity index (χ1n) is 4.80. The smallest absolute Gasteiger partial charge is 0.166 e. The summed E-state index contributed by atoms with van der Waals surface area (Å²) in [6, 6.07) is 0.595. The third-order valence-electron chi connectivity index (χ3n) is 1.94. The summed E-state index contributed by atoms with van der Waals surface area (Å²) in [5.41, 5.74) is 0. The Hall–Kier alpha value is 0.0400. The van der Waals surface area contributed by atoms with Gasteiger partial charge in [-0.3, -0.25) is 0 Å². The highest BCUT2D eigenvalue weighted by Crippen LogP contribution is 2.16. The molecule has 1 unspecified atom stereocenters. The van der Waals surface area contributed by atoms with Gasteiger partial charge >= 0.3 is 0 Å². The molecule has 1 rings (SSSR count). The molecule has 0 saturated carbocycles. The van der Waals surface area contributed by atoms with Crippen molar-refractivity contribution < 1.29 is 0 Å². The quantitative estimate of drug-likeness (QED) is 0.703. The monoisotopic (exact) mass is 218 g/mol. The van der Waals surface area contributed by atoms with Crippen molar-refractivity contribution in [1.82, 2.24) is 10.6 Å². The first-order chi connectivity index (χ1) is 6.18. The van der Waals surface area contributed by atoms with E-state index >= 15 is 0 Å². The van der Waals surface area contributed by atoms with E-state index < -0.39 is 0 Å². The molecule has 76 valence electrons. The highest BCUT2D eigenvalue weighted by Gasteiger charge is 2.15. The third-order valence-corrected chi connectivity index (χ3v) is 3.36. The second-order valence-electron chi connectivity index (χ2n) is 3.81. The average Bonchev–Trinajstić information content (AvgIpc) is 2.53. The Labute approximate surface area is 90.2 Å². The van der Waals surface area contributed by atoms with Gasteiger partial charge < -0.3 is 10.6 Å². The van der Waals surface area contributed by atoms with Gasteiger partial charge in [0, 0.05) is 18.3 Å². The molecule has 0 spiro atoms. The van der Waals surface area contributed by atoms with E-state index in [2.05, 4.69) is 24.5 Å². The molecule has 0 aromatic carbocycles. The molecule has 0 aromatic rings. The van der Waals surface area contributed by atoms with Crippen LogP contribution in [0.4, 0.5) is 0 Å². The normalized spacial score (nSPS) is 21.9. The van der Waals surface area contributed by atoms with Gasteiger partial charge in [0.1, 0.15) is 0 Å². The summed E-state index contributed by atoms with van der Waals surface area (Å²) >= 11 is 7.18. The summed E-state index contributed by atoms with van der Waals surface area (Å²) in [4.78, 5) is 0. The fourth-order valence-electron chi connectivity index (χ4n) is 1.18. The van der Waals surface area contributed by atoms with Crippen molar-refractivity contribution in [2.75, 3.05) is 18.1 Å². The van der Waals surface area contributed by atoms with Crippen molar-refractivity contribution >= 4 is 29.1 Å². The van der Waals surface area contributed by atoms with Gasteiger partial charge in [-0.05, 0) is 30.3 Å². The van der Waals surface area contributed by atoms with Crippen LogP contribution in [0.25, 0.3) is 0 Å². The molecule has 1 fully saturated rings. The Morgan fingerprint density at radius 2 is 2.38 bits per heavy atom. The lowest BCUT2D eigenvalue weighted by molar-refractivity contribution is 0.604. The zero-order valence-corrected chi connectivity index (χ0v) is 9.93. The van der Waals surface area contributed by atoms with Crippen LogP contribution in [0.3, 0.4) is 0 Å². The van der Waals surface area contributed by atoms with Gasteiger partial charge in [-0.15, -0.1) is 0 Å². The first-order valence-corrected chi connectivity index (χ1v) is 6.37. The lowest BCUT2D eigenvalue weighted by Gasteiger charge is -2.16. The van der Waals surface area contributed by atoms with Crippen LogP contribution in [0.15, 0.2) is 0 Å². The molecule has 2 N–H and O–H groups in total. The highest BCUT2D eigenvalue weighted by atomic mass is 32.2. The Bertz CT molecular complexity index is 165. The molecule has 0 radical (unpaired) electrons. The second-order valence-corrected chi connectivity index (χ2v) is 5.37. The molecule has 1 saturated heterocycles. The fraction of sp³-hybridized carbons (Fsp3) is 0.889. The molecular weight excluding hydrogens is 200 g/mol. The van der Waals surface area contributed by atoms with Gasteiger partial charge in [-0.1, -0.05) is 13.8 Å². The summed E-state index contributed by atoms with van der Waals surface area (Å²) in [7, 11) is 0. The molecule has 1 atom stereocenters. The summed E-state index contributed by atoms with van der Waals surface area (Å²) in [6.07, 6.45) is 1.24. The minimum Gasteiger partial charge on any atom is -0.362 e. The largest absolute Gasteiger partial charge is 0.362 e. The molecule has 1 aliphatic heterocycles. The summed E-state index contributed by atoms with van der Waals surface area (Å²) in [6.45, 7) is 5.33. The van der Waals surface area contributed by atoms with Crippen molar-refractivity contribution in [3.05, 3.63) is 0 Å². The molecule has 0 aromatic heterocycles. The van der Waals surface area contributed by atoms with E-state index in [1.165, 1.54) is 17.9 Å². The maximum absolute atomic E-state index is 5.18. The van der Waals surface area contributed by atoms with E-state index in [9.17, 15) is 0 Å². The first kappa shape index (κ1) is 11.1. The number of hydrogen-bond acceptors (Lipinski definition) is 2. The molecule has 0 bridgehead atoms. The molecule has 4 heteroatoms. The van der Waals surface area contributed by atoms with E-state index in [4.69, 9.17) is 12.2 Å². The van der Waals surface area contributed by atoms with Crippen molar-refractivity contribution in [1.29, 1.82) is 0 Å². The Morgan fingerprint density at radius 1 is 1.62 bits per heavy atom. The van der Waals surface area contributed by atoms with Gasteiger partial charge in [0.05, 0.1) is 0 Å². The van der Waals surface area contributed by atoms with Gasteiger partial charge in [0.15, 0.2) is 5.11 Å². The molecule has 0 amide bonds. The van der Waals surface area contributed by atoms with E-state index in [1.54, 1.807) is 0 Å². The number of nitrogens with one attached hydrogen (secondary N) is 2. The van der Waals surface area contributed by atoms with Crippen molar-refractivity contribution in [2.45, 2.75) is 26.3 Å². The van der Waals surface area contributed by atoms with E-state index in [0.717, 1.165) is 11.7 Å². The lowest BCUT2D eigenvalue weighted by Crippen LogP contribution is -2.43. The van der Waals surface area contributed by atoms with Gasteiger partial charge in [0.2, 0.25) is 0 Å². The van der Waals surface area contributed by atoms with Crippen LogP contribution in [0.1, 0.15) is 20.3 Å². The molecule has 0 aliphatic carbocycles. The van der Waals surface area contributed by atoms with Crippen LogP contribution in [0.5, 0.6) is 0 Å². The Balaban J connectivity index is 2.09. The summed E-state index contributed by atoms with van der Waals surface area (Å²) in [5, 5.41) is 7.37. The van der Waals surface area contributed by atoms with Gasteiger partial charge in [-0.25, -0.2) is 0 Å². The van der Waals surface area contributed by atoms with Crippen LogP contribution < -0.4 is 10.6 Å². The Morgan fingerprint density at radius 3 is 2.92 bits per heavy atom. The summed E-state index contributed by atoms with van der Waals surface area (Å²) < 4.78 is 0. The highest BCUT2D eigenvalue weighted by molar-refractivity contribution is 7.99. The average molecular weight is 218 g/mol. The number of rotatable bonds is 3. The Kier molecular flexibility index (Phi) is 4.88. The maximum Gasteiger partial charge on any atom is 0.166 e. The molecule has 1 heterocycles. The number of thiocarbonyl (C=S) groups is 1.